The number of carboxylic acids is 2. The molecular formula is C17H18Cl2FNO5. The van der Waals surface area contributed by atoms with Gasteiger partial charge in [-0.3, -0.25) is 4.79 Å². The molecule has 2 fully saturated rings. The average Bonchev–Trinajstić information content (AvgIpc) is 3.05. The number of aliphatic carboxylic acids is 2. The predicted octanol–water partition coefficient (Wildman–Crippen LogP) is 3.05. The van der Waals surface area contributed by atoms with Gasteiger partial charge in [0.1, 0.15) is 5.54 Å². The van der Waals surface area contributed by atoms with Gasteiger partial charge in [-0.1, -0.05) is 36.2 Å². The lowest BCUT2D eigenvalue weighted by Gasteiger charge is -2.34. The van der Waals surface area contributed by atoms with Crippen LogP contribution in [0, 0.1) is 11.8 Å². The molecule has 2 aliphatic rings. The third-order valence-electron chi connectivity index (χ3n) is 5.51. The highest BCUT2D eigenvalue weighted by molar-refractivity contribution is 6.42. The minimum Gasteiger partial charge on any atom is -0.480 e. The molecule has 0 spiro atoms. The first-order valence-corrected chi connectivity index (χ1v) is 8.89. The van der Waals surface area contributed by atoms with Gasteiger partial charge in [0.2, 0.25) is 5.67 Å². The molecule has 26 heavy (non-hydrogen) atoms. The summed E-state index contributed by atoms with van der Waals surface area (Å²) < 4.78 is 20.5. The van der Waals surface area contributed by atoms with E-state index in [0.29, 0.717) is 22.0 Å². The molecular weight excluding hydrogens is 388 g/mol. The SMILES string of the molecule is CC[C@@H](O[C@@H]1C[C@@H]2[C@H]([C@]1(N)C(=O)O)[C@@]2(F)C(=O)O)c1ccc(Cl)c(Cl)c1. The fraction of sp³-hybridized carbons (Fsp3) is 0.529. The highest BCUT2D eigenvalue weighted by atomic mass is 35.5. The van der Waals surface area contributed by atoms with E-state index in [0.717, 1.165) is 0 Å². The van der Waals surface area contributed by atoms with Crippen LogP contribution in [0.25, 0.3) is 0 Å². The van der Waals surface area contributed by atoms with Gasteiger partial charge in [-0.15, -0.1) is 0 Å². The monoisotopic (exact) mass is 405 g/mol. The molecule has 0 aromatic heterocycles. The largest absolute Gasteiger partial charge is 0.480 e. The zero-order valence-electron chi connectivity index (χ0n) is 13.8. The van der Waals surface area contributed by atoms with E-state index in [2.05, 4.69) is 0 Å². The molecule has 0 heterocycles. The summed E-state index contributed by atoms with van der Waals surface area (Å²) in [5.74, 6) is -5.45. The van der Waals surface area contributed by atoms with Crippen LogP contribution in [0.1, 0.15) is 31.4 Å². The first-order chi connectivity index (χ1) is 12.1. The summed E-state index contributed by atoms with van der Waals surface area (Å²) >= 11 is 11.9. The minimum atomic E-state index is -2.61. The quantitative estimate of drug-likeness (QED) is 0.670. The van der Waals surface area contributed by atoms with Crippen molar-refractivity contribution < 1.29 is 28.9 Å². The minimum absolute atomic E-state index is 0.0753. The second-order valence-corrected chi connectivity index (χ2v) is 7.64. The number of rotatable bonds is 6. The van der Waals surface area contributed by atoms with Gasteiger partial charge in [0.05, 0.1) is 22.3 Å². The number of ether oxygens (including phenoxy) is 1. The van der Waals surface area contributed by atoms with E-state index >= 15 is 0 Å². The summed E-state index contributed by atoms with van der Waals surface area (Å²) in [4.78, 5) is 23.0. The summed E-state index contributed by atoms with van der Waals surface area (Å²) in [5, 5.41) is 19.4. The van der Waals surface area contributed by atoms with Crippen molar-refractivity contribution in [3.8, 4) is 0 Å². The van der Waals surface area contributed by atoms with E-state index < -0.39 is 47.2 Å². The lowest BCUT2D eigenvalue weighted by atomic mass is 9.87. The molecule has 6 atom stereocenters. The van der Waals surface area contributed by atoms with E-state index in [1.54, 1.807) is 18.2 Å². The molecule has 0 unspecified atom stereocenters. The molecule has 0 bridgehead atoms. The lowest BCUT2D eigenvalue weighted by Crippen LogP contribution is -2.60. The molecule has 2 saturated carbocycles. The summed E-state index contributed by atoms with van der Waals surface area (Å²) in [7, 11) is 0. The average molecular weight is 406 g/mol. The second-order valence-electron chi connectivity index (χ2n) is 6.83. The van der Waals surface area contributed by atoms with Crippen LogP contribution >= 0.6 is 23.2 Å². The first kappa shape index (κ1) is 19.4. The molecule has 0 aliphatic heterocycles. The van der Waals surface area contributed by atoms with Crippen LogP contribution in [0.15, 0.2) is 18.2 Å². The van der Waals surface area contributed by atoms with Crippen LogP contribution in [-0.2, 0) is 14.3 Å². The van der Waals surface area contributed by atoms with E-state index in [-0.39, 0.29) is 6.42 Å². The van der Waals surface area contributed by atoms with E-state index in [9.17, 15) is 19.1 Å². The second kappa shape index (κ2) is 6.34. The molecule has 6 nitrogen and oxygen atoms in total. The Morgan fingerprint density at radius 2 is 2.00 bits per heavy atom. The number of carbonyl (C=O) groups is 2. The molecule has 0 amide bonds. The van der Waals surface area contributed by atoms with Gasteiger partial charge in [-0.2, -0.15) is 0 Å². The van der Waals surface area contributed by atoms with Crippen LogP contribution in [-0.4, -0.2) is 39.5 Å². The molecule has 0 radical (unpaired) electrons. The zero-order valence-corrected chi connectivity index (χ0v) is 15.3. The van der Waals surface area contributed by atoms with Crippen molar-refractivity contribution in [2.24, 2.45) is 17.6 Å². The van der Waals surface area contributed by atoms with Crippen molar-refractivity contribution in [3.63, 3.8) is 0 Å². The van der Waals surface area contributed by atoms with Gasteiger partial charge < -0.3 is 20.7 Å². The maximum atomic E-state index is 14.6. The fourth-order valence-electron chi connectivity index (χ4n) is 4.09. The Morgan fingerprint density at radius 3 is 2.50 bits per heavy atom. The molecule has 1 aromatic carbocycles. The molecule has 9 heteroatoms. The number of hydrogen-bond acceptors (Lipinski definition) is 4. The molecule has 142 valence electrons. The lowest BCUT2D eigenvalue weighted by molar-refractivity contribution is -0.158. The summed E-state index contributed by atoms with van der Waals surface area (Å²) in [6.07, 6.45) is -1.14. The van der Waals surface area contributed by atoms with Crippen LogP contribution < -0.4 is 5.73 Å². The predicted molar refractivity (Wildman–Crippen MR) is 92.0 cm³/mol. The normalized spacial score (nSPS) is 36.4. The Labute approximate surface area is 159 Å². The Hall–Kier alpha value is -1.41. The van der Waals surface area contributed by atoms with Gasteiger partial charge >= 0.3 is 11.9 Å². The molecule has 2 aliphatic carbocycles. The van der Waals surface area contributed by atoms with Crippen molar-refractivity contribution >= 4 is 35.1 Å². The maximum Gasteiger partial charge on any atom is 0.342 e. The molecule has 4 N–H and O–H groups in total. The highest BCUT2D eigenvalue weighted by Crippen LogP contribution is 2.67. The number of fused-ring (bicyclic) bond motifs is 1. The number of alkyl halides is 1. The summed E-state index contributed by atoms with van der Waals surface area (Å²) in [5.41, 5.74) is 1.96. The number of halogens is 3. The van der Waals surface area contributed by atoms with Crippen molar-refractivity contribution in [3.05, 3.63) is 33.8 Å². The standard InChI is InChI=1S/C17H18Cl2FNO5/c1-2-11(7-3-4-9(18)10(19)5-7)26-12-6-8-13(16(8,20)14(22)23)17(12,21)15(24)25/h3-5,8,11-13H,2,6,21H2,1H3,(H,22,23)(H,24,25)/t8-,11-,12-,13+,16-,17+/m1/s1. The van der Waals surface area contributed by atoms with E-state index in [1.165, 1.54) is 0 Å². The Morgan fingerprint density at radius 1 is 1.35 bits per heavy atom. The van der Waals surface area contributed by atoms with Crippen LogP contribution in [0.3, 0.4) is 0 Å². The molecule has 0 saturated heterocycles. The third-order valence-corrected chi connectivity index (χ3v) is 6.25. The number of carboxylic acid groups (broad SMARTS) is 2. The van der Waals surface area contributed by atoms with Crippen molar-refractivity contribution in [1.82, 2.24) is 0 Å². The van der Waals surface area contributed by atoms with Crippen LogP contribution in [0.2, 0.25) is 10.0 Å². The maximum absolute atomic E-state index is 14.6. The zero-order chi connectivity index (χ0) is 19.4. The topological polar surface area (TPSA) is 110 Å². The van der Waals surface area contributed by atoms with Gasteiger partial charge in [-0.25, -0.2) is 9.18 Å². The molecule has 1 aromatic rings. The van der Waals surface area contributed by atoms with E-state index in [4.69, 9.17) is 38.8 Å². The number of hydrogen-bond donors (Lipinski definition) is 3. The van der Waals surface area contributed by atoms with E-state index in [1.807, 2.05) is 6.92 Å². The molecule has 3 rings (SSSR count). The van der Waals surface area contributed by atoms with Gasteiger partial charge in [-0.05, 0) is 30.5 Å². The Bertz CT molecular complexity index is 778. The number of benzene rings is 1. The van der Waals surface area contributed by atoms with Crippen LogP contribution in [0.4, 0.5) is 4.39 Å². The van der Waals surface area contributed by atoms with Gasteiger partial charge in [0.25, 0.3) is 0 Å². The summed E-state index contributed by atoms with van der Waals surface area (Å²) in [6.45, 7) is 1.83. The number of nitrogens with two attached hydrogens (primary N) is 1. The van der Waals surface area contributed by atoms with Crippen molar-refractivity contribution in [2.45, 2.75) is 43.2 Å². The third kappa shape index (κ3) is 2.60. The smallest absolute Gasteiger partial charge is 0.342 e. The van der Waals surface area contributed by atoms with Gasteiger partial charge in [0.15, 0.2) is 0 Å². The highest BCUT2D eigenvalue weighted by Gasteiger charge is 2.85. The Balaban J connectivity index is 1.86. The van der Waals surface area contributed by atoms with Gasteiger partial charge in [0, 0.05) is 11.8 Å². The fourth-order valence-corrected chi connectivity index (χ4v) is 4.40. The van der Waals surface area contributed by atoms with Crippen LogP contribution in [0.5, 0.6) is 0 Å². The first-order valence-electron chi connectivity index (χ1n) is 8.13. The van der Waals surface area contributed by atoms with Crippen molar-refractivity contribution in [1.29, 1.82) is 0 Å². The Kier molecular flexibility index (Phi) is 4.72. The summed E-state index contributed by atoms with van der Waals surface area (Å²) in [6, 6.07) is 4.92. The van der Waals surface area contributed by atoms with Crippen molar-refractivity contribution in [2.75, 3.05) is 0 Å².